The standard InChI is InChI=1S/C21H22Cl2N4O2/c1-13(2)12-29-19-5-4-17(22)8-16(19)11-27-14(3)6-20(26-27)25-21(28)15-7-18(23)10-24-9-15/h4-10,13H,11-12H2,1-3H3,(H,25,26,28). The summed E-state index contributed by atoms with van der Waals surface area (Å²) < 4.78 is 7.71. The molecule has 1 amide bonds. The number of pyridine rings is 1. The van der Waals surface area contributed by atoms with Crippen LogP contribution in [0.5, 0.6) is 5.75 Å². The summed E-state index contributed by atoms with van der Waals surface area (Å²) in [6.07, 6.45) is 2.93. The number of rotatable bonds is 7. The number of halogens is 2. The van der Waals surface area contributed by atoms with E-state index in [1.54, 1.807) is 22.9 Å². The Bertz CT molecular complexity index is 1020. The van der Waals surface area contributed by atoms with Crippen LogP contribution in [-0.4, -0.2) is 27.3 Å². The van der Waals surface area contributed by atoms with Crippen LogP contribution in [0.3, 0.4) is 0 Å². The summed E-state index contributed by atoms with van der Waals surface area (Å²) in [6, 6.07) is 8.90. The molecule has 0 spiro atoms. The highest BCUT2D eigenvalue weighted by molar-refractivity contribution is 6.31. The van der Waals surface area contributed by atoms with Crippen LogP contribution in [0.15, 0.2) is 42.7 Å². The van der Waals surface area contributed by atoms with Crippen molar-refractivity contribution < 1.29 is 9.53 Å². The monoisotopic (exact) mass is 432 g/mol. The SMILES string of the molecule is Cc1cc(NC(=O)c2cncc(Cl)c2)nn1Cc1cc(Cl)ccc1OCC(C)C. The molecule has 3 rings (SSSR count). The number of anilines is 1. The summed E-state index contributed by atoms with van der Waals surface area (Å²) in [5.41, 5.74) is 2.17. The third-order valence-corrected chi connectivity index (χ3v) is 4.55. The van der Waals surface area contributed by atoms with E-state index < -0.39 is 0 Å². The molecule has 2 aromatic heterocycles. The van der Waals surface area contributed by atoms with Gasteiger partial charge in [-0.15, -0.1) is 0 Å². The molecule has 1 aromatic carbocycles. The van der Waals surface area contributed by atoms with Gasteiger partial charge in [0.1, 0.15) is 5.75 Å². The second-order valence-corrected chi connectivity index (χ2v) is 8.00. The van der Waals surface area contributed by atoms with Gasteiger partial charge in [0.15, 0.2) is 5.82 Å². The summed E-state index contributed by atoms with van der Waals surface area (Å²) >= 11 is 12.1. The first-order valence-electron chi connectivity index (χ1n) is 9.19. The van der Waals surface area contributed by atoms with Gasteiger partial charge in [0, 0.05) is 34.7 Å². The van der Waals surface area contributed by atoms with Gasteiger partial charge in [-0.3, -0.25) is 14.5 Å². The fourth-order valence-electron chi connectivity index (χ4n) is 2.69. The number of nitrogens with one attached hydrogen (secondary N) is 1. The lowest BCUT2D eigenvalue weighted by Gasteiger charge is -2.14. The number of ether oxygens (including phenoxy) is 1. The minimum atomic E-state index is -0.326. The van der Waals surface area contributed by atoms with Crippen LogP contribution in [-0.2, 0) is 6.54 Å². The van der Waals surface area contributed by atoms with Gasteiger partial charge >= 0.3 is 0 Å². The fraction of sp³-hybridized carbons (Fsp3) is 0.286. The first-order valence-corrected chi connectivity index (χ1v) is 9.95. The number of nitrogens with zero attached hydrogens (tertiary/aromatic N) is 3. The van der Waals surface area contributed by atoms with Crippen molar-refractivity contribution in [1.29, 1.82) is 0 Å². The van der Waals surface area contributed by atoms with Crippen molar-refractivity contribution in [1.82, 2.24) is 14.8 Å². The van der Waals surface area contributed by atoms with E-state index in [9.17, 15) is 4.79 Å². The average molecular weight is 433 g/mol. The molecular weight excluding hydrogens is 411 g/mol. The number of carbonyl (C=O) groups is 1. The van der Waals surface area contributed by atoms with Gasteiger partial charge in [-0.25, -0.2) is 0 Å². The summed E-state index contributed by atoms with van der Waals surface area (Å²) in [4.78, 5) is 16.3. The Hall–Kier alpha value is -2.57. The number of hydrogen-bond donors (Lipinski definition) is 1. The van der Waals surface area contributed by atoms with Gasteiger partial charge in [-0.2, -0.15) is 5.10 Å². The van der Waals surface area contributed by atoms with Gasteiger partial charge < -0.3 is 10.1 Å². The lowest BCUT2D eigenvalue weighted by atomic mass is 10.2. The second-order valence-electron chi connectivity index (χ2n) is 7.13. The molecule has 0 bridgehead atoms. The number of amides is 1. The third-order valence-electron chi connectivity index (χ3n) is 4.10. The molecule has 0 aliphatic rings. The summed E-state index contributed by atoms with van der Waals surface area (Å²) in [5.74, 6) is 1.30. The molecule has 0 atom stereocenters. The maximum absolute atomic E-state index is 12.4. The molecule has 3 aromatic rings. The zero-order valence-corrected chi connectivity index (χ0v) is 18.0. The minimum absolute atomic E-state index is 0.326. The van der Waals surface area contributed by atoms with Crippen molar-refractivity contribution in [3.05, 3.63) is 69.6 Å². The minimum Gasteiger partial charge on any atom is -0.493 e. The number of aryl methyl sites for hydroxylation is 1. The maximum Gasteiger partial charge on any atom is 0.258 e. The number of carbonyl (C=O) groups excluding carboxylic acids is 1. The molecule has 0 radical (unpaired) electrons. The van der Waals surface area contributed by atoms with Crippen LogP contribution in [0.1, 0.15) is 35.5 Å². The van der Waals surface area contributed by atoms with Gasteiger partial charge in [-0.05, 0) is 37.1 Å². The van der Waals surface area contributed by atoms with Crippen molar-refractivity contribution >= 4 is 34.9 Å². The quantitative estimate of drug-likeness (QED) is 0.554. The number of aromatic nitrogens is 3. The third kappa shape index (κ3) is 5.71. The predicted octanol–water partition coefficient (Wildman–Crippen LogP) is 5.23. The Morgan fingerprint density at radius 3 is 2.69 bits per heavy atom. The van der Waals surface area contributed by atoms with E-state index in [0.717, 1.165) is 17.0 Å². The summed E-state index contributed by atoms with van der Waals surface area (Å²) in [7, 11) is 0. The molecule has 8 heteroatoms. The Morgan fingerprint density at radius 2 is 1.97 bits per heavy atom. The van der Waals surface area contributed by atoms with E-state index in [4.69, 9.17) is 27.9 Å². The van der Waals surface area contributed by atoms with Gasteiger partial charge in [-0.1, -0.05) is 37.0 Å². The second kappa shape index (κ2) is 9.29. The first kappa shape index (κ1) is 21.1. The van der Waals surface area contributed by atoms with Crippen molar-refractivity contribution in [3.8, 4) is 5.75 Å². The van der Waals surface area contributed by atoms with Gasteiger partial charge in [0.05, 0.1) is 23.7 Å². The van der Waals surface area contributed by atoms with E-state index >= 15 is 0 Å². The van der Waals surface area contributed by atoms with E-state index in [1.165, 1.54) is 12.4 Å². The Kier molecular flexibility index (Phi) is 6.77. The molecule has 152 valence electrons. The Balaban J connectivity index is 1.77. The molecular formula is C21H22Cl2N4O2. The normalized spacial score (nSPS) is 11.0. The lowest BCUT2D eigenvalue weighted by molar-refractivity contribution is 0.102. The van der Waals surface area contributed by atoms with Crippen molar-refractivity contribution in [2.75, 3.05) is 11.9 Å². The van der Waals surface area contributed by atoms with Gasteiger partial charge in [0.25, 0.3) is 5.91 Å². The van der Waals surface area contributed by atoms with Crippen LogP contribution >= 0.6 is 23.2 Å². The Labute approximate surface area is 179 Å². The molecule has 0 unspecified atom stereocenters. The Morgan fingerprint density at radius 1 is 1.17 bits per heavy atom. The molecule has 0 aliphatic carbocycles. The molecule has 1 N–H and O–H groups in total. The van der Waals surface area contributed by atoms with E-state index in [2.05, 4.69) is 29.2 Å². The van der Waals surface area contributed by atoms with Crippen LogP contribution in [0, 0.1) is 12.8 Å². The molecule has 0 fully saturated rings. The molecule has 6 nitrogen and oxygen atoms in total. The summed E-state index contributed by atoms with van der Waals surface area (Å²) in [5, 5.41) is 8.29. The highest BCUT2D eigenvalue weighted by Crippen LogP contribution is 2.25. The largest absolute Gasteiger partial charge is 0.493 e. The molecule has 29 heavy (non-hydrogen) atoms. The highest BCUT2D eigenvalue weighted by atomic mass is 35.5. The van der Waals surface area contributed by atoms with Crippen LogP contribution in [0.4, 0.5) is 5.82 Å². The molecule has 0 aliphatic heterocycles. The van der Waals surface area contributed by atoms with Crippen molar-refractivity contribution in [2.45, 2.75) is 27.3 Å². The van der Waals surface area contributed by atoms with Crippen LogP contribution in [0.2, 0.25) is 10.0 Å². The fourth-order valence-corrected chi connectivity index (χ4v) is 3.05. The van der Waals surface area contributed by atoms with Gasteiger partial charge in [0.2, 0.25) is 0 Å². The topological polar surface area (TPSA) is 69.0 Å². The number of benzene rings is 1. The summed E-state index contributed by atoms with van der Waals surface area (Å²) in [6.45, 7) is 7.19. The average Bonchev–Trinajstić information content (AvgIpc) is 2.99. The maximum atomic E-state index is 12.4. The number of hydrogen-bond acceptors (Lipinski definition) is 4. The van der Waals surface area contributed by atoms with E-state index in [-0.39, 0.29) is 5.91 Å². The van der Waals surface area contributed by atoms with Crippen molar-refractivity contribution in [3.63, 3.8) is 0 Å². The zero-order valence-electron chi connectivity index (χ0n) is 16.4. The van der Waals surface area contributed by atoms with Crippen molar-refractivity contribution in [2.24, 2.45) is 5.92 Å². The van der Waals surface area contributed by atoms with Crippen LogP contribution < -0.4 is 10.1 Å². The van der Waals surface area contributed by atoms with Crippen LogP contribution in [0.25, 0.3) is 0 Å². The first-order chi connectivity index (χ1) is 13.8. The van der Waals surface area contributed by atoms with E-state index in [1.807, 2.05) is 19.1 Å². The van der Waals surface area contributed by atoms with E-state index in [0.29, 0.717) is 40.5 Å². The molecule has 0 saturated heterocycles. The lowest BCUT2D eigenvalue weighted by Crippen LogP contribution is -2.13. The highest BCUT2D eigenvalue weighted by Gasteiger charge is 2.13. The zero-order chi connectivity index (χ0) is 21.0. The predicted molar refractivity (Wildman–Crippen MR) is 115 cm³/mol. The molecule has 2 heterocycles. The molecule has 0 saturated carbocycles. The smallest absolute Gasteiger partial charge is 0.258 e.